The minimum Gasteiger partial charge on any atom is -0.496 e. The molecule has 0 unspecified atom stereocenters. The van der Waals surface area contributed by atoms with E-state index in [9.17, 15) is 4.79 Å². The van der Waals surface area contributed by atoms with Gasteiger partial charge >= 0.3 is 0 Å². The zero-order chi connectivity index (χ0) is 24.0. The van der Waals surface area contributed by atoms with E-state index in [4.69, 9.17) is 10.1 Å². The van der Waals surface area contributed by atoms with Crippen LogP contribution in [0.3, 0.4) is 0 Å². The molecule has 176 valence electrons. The van der Waals surface area contributed by atoms with Crippen LogP contribution in [0, 0.1) is 11.3 Å². The largest absolute Gasteiger partial charge is 0.496 e. The maximum Gasteiger partial charge on any atom is 0.137 e. The minimum absolute atomic E-state index is 0.118. The van der Waals surface area contributed by atoms with Gasteiger partial charge < -0.3 is 9.64 Å². The monoisotopic (exact) mass is 454 g/mol. The van der Waals surface area contributed by atoms with Gasteiger partial charge in [0, 0.05) is 42.8 Å². The molecule has 0 radical (unpaired) electrons. The minimum atomic E-state index is -0.189. The molecule has 1 aliphatic rings. The standard InChI is InChI=1S/C30H34N2O2/c1-3-32(29(31)20-23-12-10-11-17-28(23)34-2)22-24-21-30(19-18-27(24)33,25-13-6-4-7-14-25)26-15-8-5-9-16-26/h4-17,24,31H,3,18-22H2,1-2H3/t24-/m1/s1. The molecule has 0 amide bonds. The summed E-state index contributed by atoms with van der Waals surface area (Å²) in [4.78, 5) is 15.2. The maximum absolute atomic E-state index is 13.2. The molecule has 0 saturated heterocycles. The molecule has 1 atom stereocenters. The van der Waals surface area contributed by atoms with Crippen molar-refractivity contribution in [2.24, 2.45) is 5.92 Å². The molecule has 4 rings (SSSR count). The summed E-state index contributed by atoms with van der Waals surface area (Å²) in [6.07, 6.45) is 2.63. The number of benzene rings is 3. The van der Waals surface area contributed by atoms with E-state index in [2.05, 4.69) is 60.4 Å². The Hall–Kier alpha value is -3.40. The summed E-state index contributed by atoms with van der Waals surface area (Å²) in [6, 6.07) is 29.1. The van der Waals surface area contributed by atoms with Crippen LogP contribution in [0.4, 0.5) is 0 Å². The van der Waals surface area contributed by atoms with Crippen LogP contribution in [0.2, 0.25) is 0 Å². The second-order valence-corrected chi connectivity index (χ2v) is 9.16. The molecule has 0 aromatic heterocycles. The SMILES string of the molecule is CCN(C[C@H]1CC(c2ccccc2)(c2ccccc2)CCC1=O)C(=N)Cc1ccccc1OC. The van der Waals surface area contributed by atoms with Gasteiger partial charge in [0.2, 0.25) is 0 Å². The summed E-state index contributed by atoms with van der Waals surface area (Å²) in [7, 11) is 1.66. The summed E-state index contributed by atoms with van der Waals surface area (Å²) < 4.78 is 5.48. The predicted molar refractivity (Wildman–Crippen MR) is 138 cm³/mol. The van der Waals surface area contributed by atoms with Gasteiger partial charge in [-0.05, 0) is 37.0 Å². The van der Waals surface area contributed by atoms with Gasteiger partial charge in [0.25, 0.3) is 0 Å². The van der Waals surface area contributed by atoms with Gasteiger partial charge in [-0.3, -0.25) is 10.2 Å². The van der Waals surface area contributed by atoms with Gasteiger partial charge in [-0.15, -0.1) is 0 Å². The summed E-state index contributed by atoms with van der Waals surface area (Å²) in [5.74, 6) is 1.51. The lowest BCUT2D eigenvalue weighted by molar-refractivity contribution is -0.126. The fourth-order valence-corrected chi connectivity index (χ4v) is 5.39. The molecule has 0 spiro atoms. The highest BCUT2D eigenvalue weighted by Crippen LogP contribution is 2.46. The Morgan fingerprint density at radius 3 is 2.15 bits per heavy atom. The van der Waals surface area contributed by atoms with Crippen molar-refractivity contribution in [2.45, 2.75) is 38.0 Å². The molecule has 4 nitrogen and oxygen atoms in total. The average molecular weight is 455 g/mol. The Balaban J connectivity index is 1.59. The summed E-state index contributed by atoms with van der Waals surface area (Å²) in [6.45, 7) is 3.33. The third-order valence-corrected chi connectivity index (χ3v) is 7.26. The average Bonchev–Trinajstić information content (AvgIpc) is 2.89. The number of carbonyl (C=O) groups is 1. The van der Waals surface area contributed by atoms with Crippen molar-refractivity contribution in [3.8, 4) is 5.75 Å². The normalized spacial score (nSPS) is 17.2. The Morgan fingerprint density at radius 2 is 1.56 bits per heavy atom. The number of hydrogen-bond donors (Lipinski definition) is 1. The molecule has 1 N–H and O–H groups in total. The fourth-order valence-electron chi connectivity index (χ4n) is 5.39. The van der Waals surface area contributed by atoms with Crippen LogP contribution >= 0.6 is 0 Å². The zero-order valence-electron chi connectivity index (χ0n) is 20.2. The number of Topliss-reactive ketones (excluding diaryl/α,β-unsaturated/α-hetero) is 1. The second kappa shape index (κ2) is 10.7. The molecule has 1 aliphatic carbocycles. The van der Waals surface area contributed by atoms with Crippen LogP contribution in [0.25, 0.3) is 0 Å². The van der Waals surface area contributed by atoms with Gasteiger partial charge in [0.05, 0.1) is 7.11 Å². The number of para-hydroxylation sites is 1. The molecule has 0 heterocycles. The number of rotatable bonds is 8. The van der Waals surface area contributed by atoms with Gasteiger partial charge in [0.1, 0.15) is 17.4 Å². The first-order valence-corrected chi connectivity index (χ1v) is 12.2. The van der Waals surface area contributed by atoms with Crippen molar-refractivity contribution in [1.82, 2.24) is 4.90 Å². The van der Waals surface area contributed by atoms with Crippen molar-refractivity contribution in [2.75, 3.05) is 20.2 Å². The topological polar surface area (TPSA) is 53.4 Å². The number of likely N-dealkylation sites (N-methyl/N-ethyl adjacent to an activating group) is 1. The third kappa shape index (κ3) is 4.91. The van der Waals surface area contributed by atoms with E-state index >= 15 is 0 Å². The molecule has 34 heavy (non-hydrogen) atoms. The number of amidine groups is 1. The van der Waals surface area contributed by atoms with Crippen molar-refractivity contribution in [1.29, 1.82) is 5.41 Å². The molecule has 3 aromatic rings. The van der Waals surface area contributed by atoms with Crippen LogP contribution in [0.15, 0.2) is 84.9 Å². The molecular weight excluding hydrogens is 420 g/mol. The molecule has 0 aliphatic heterocycles. The Bertz CT molecular complexity index is 1070. The Morgan fingerprint density at radius 1 is 0.971 bits per heavy atom. The first kappa shape index (κ1) is 23.7. The number of ketones is 1. The van der Waals surface area contributed by atoms with Crippen LogP contribution in [-0.2, 0) is 16.6 Å². The lowest BCUT2D eigenvalue weighted by Gasteiger charge is -2.43. The van der Waals surface area contributed by atoms with E-state index in [0.717, 1.165) is 24.2 Å². The quantitative estimate of drug-likeness (QED) is 0.341. The van der Waals surface area contributed by atoms with E-state index in [1.54, 1.807) is 7.11 Å². The van der Waals surface area contributed by atoms with Gasteiger partial charge in [-0.2, -0.15) is 0 Å². The Labute approximate surface area is 203 Å². The number of nitrogens with zero attached hydrogens (tertiary/aromatic N) is 1. The first-order valence-electron chi connectivity index (χ1n) is 12.2. The van der Waals surface area contributed by atoms with Crippen molar-refractivity contribution in [3.63, 3.8) is 0 Å². The highest BCUT2D eigenvalue weighted by Gasteiger charge is 2.43. The zero-order valence-corrected chi connectivity index (χ0v) is 20.2. The van der Waals surface area contributed by atoms with E-state index in [0.29, 0.717) is 37.6 Å². The van der Waals surface area contributed by atoms with Crippen molar-refractivity contribution < 1.29 is 9.53 Å². The van der Waals surface area contributed by atoms with E-state index < -0.39 is 0 Å². The maximum atomic E-state index is 13.2. The highest BCUT2D eigenvalue weighted by molar-refractivity contribution is 5.85. The lowest BCUT2D eigenvalue weighted by Crippen LogP contribution is -2.45. The lowest BCUT2D eigenvalue weighted by atomic mass is 9.62. The third-order valence-electron chi connectivity index (χ3n) is 7.26. The van der Waals surface area contributed by atoms with Crippen LogP contribution < -0.4 is 4.74 Å². The van der Waals surface area contributed by atoms with Crippen LogP contribution in [0.1, 0.15) is 42.9 Å². The Kier molecular flexibility index (Phi) is 7.46. The molecular formula is C30H34N2O2. The molecule has 4 heteroatoms. The fraction of sp³-hybridized carbons (Fsp3) is 0.333. The molecule has 3 aromatic carbocycles. The van der Waals surface area contributed by atoms with Gasteiger partial charge in [0.15, 0.2) is 0 Å². The highest BCUT2D eigenvalue weighted by atomic mass is 16.5. The number of hydrogen-bond acceptors (Lipinski definition) is 3. The van der Waals surface area contributed by atoms with Crippen LogP contribution in [0.5, 0.6) is 5.75 Å². The smallest absolute Gasteiger partial charge is 0.137 e. The van der Waals surface area contributed by atoms with Crippen molar-refractivity contribution >= 4 is 11.6 Å². The number of carbonyl (C=O) groups excluding carboxylic acids is 1. The predicted octanol–water partition coefficient (Wildman–Crippen LogP) is 5.89. The van der Waals surface area contributed by atoms with Crippen molar-refractivity contribution in [3.05, 3.63) is 102 Å². The molecule has 1 saturated carbocycles. The van der Waals surface area contributed by atoms with E-state index in [1.807, 2.05) is 36.4 Å². The first-order chi connectivity index (χ1) is 16.6. The summed E-state index contributed by atoms with van der Waals surface area (Å²) in [5, 5.41) is 8.83. The summed E-state index contributed by atoms with van der Waals surface area (Å²) >= 11 is 0. The van der Waals surface area contributed by atoms with Gasteiger partial charge in [-0.1, -0.05) is 78.9 Å². The van der Waals surface area contributed by atoms with Crippen LogP contribution in [-0.4, -0.2) is 36.7 Å². The molecule has 1 fully saturated rings. The summed E-state index contributed by atoms with van der Waals surface area (Å²) in [5.41, 5.74) is 3.34. The van der Waals surface area contributed by atoms with E-state index in [-0.39, 0.29) is 11.3 Å². The van der Waals surface area contributed by atoms with Gasteiger partial charge in [-0.25, -0.2) is 0 Å². The number of ether oxygens (including phenoxy) is 1. The second-order valence-electron chi connectivity index (χ2n) is 9.16. The number of nitrogens with one attached hydrogen (secondary N) is 1. The number of methoxy groups -OCH3 is 1. The molecule has 0 bridgehead atoms. The van der Waals surface area contributed by atoms with E-state index in [1.165, 1.54) is 11.1 Å².